The van der Waals surface area contributed by atoms with Crippen LogP contribution < -0.4 is 0 Å². The van der Waals surface area contributed by atoms with Crippen molar-refractivity contribution in [2.45, 2.75) is 66.2 Å². The minimum Gasteiger partial charge on any atom is -0.448 e. The molecule has 0 fully saturated rings. The van der Waals surface area contributed by atoms with E-state index in [1.54, 1.807) is 0 Å². The van der Waals surface area contributed by atoms with E-state index < -0.39 is 0 Å². The lowest BCUT2D eigenvalue weighted by Gasteiger charge is -2.16. The molecule has 0 radical (unpaired) electrons. The lowest BCUT2D eigenvalue weighted by molar-refractivity contribution is -0.141. The largest absolute Gasteiger partial charge is 0.448 e. The number of hydrogen-bond acceptors (Lipinski definition) is 2. The van der Waals surface area contributed by atoms with E-state index in [-0.39, 0.29) is 11.4 Å². The normalized spacial score (nSPS) is 12.2. The van der Waals surface area contributed by atoms with Crippen molar-refractivity contribution in [2.24, 2.45) is 5.41 Å². The molecule has 0 aliphatic carbocycles. The molecule has 0 saturated heterocycles. The van der Waals surface area contributed by atoms with Gasteiger partial charge in [-0.3, -0.25) is 4.79 Å². The third-order valence-corrected chi connectivity index (χ3v) is 3.30. The Kier molecular flexibility index (Phi) is 8.93. The molecule has 2 nitrogen and oxygen atoms in total. The molecular formula is C13H27O2P. The van der Waals surface area contributed by atoms with Crippen molar-refractivity contribution in [1.82, 2.24) is 0 Å². The maximum absolute atomic E-state index is 11.4. The van der Waals surface area contributed by atoms with Gasteiger partial charge in [0.25, 0.3) is 0 Å². The number of hydrogen-bond donors (Lipinski definition) is 0. The van der Waals surface area contributed by atoms with Gasteiger partial charge in [-0.05, 0) is 27.2 Å². The lowest BCUT2D eigenvalue weighted by Crippen LogP contribution is -2.20. The van der Waals surface area contributed by atoms with Crippen molar-refractivity contribution in [3.63, 3.8) is 0 Å². The third kappa shape index (κ3) is 9.15. The molecular weight excluding hydrogens is 219 g/mol. The van der Waals surface area contributed by atoms with Gasteiger partial charge in [0.2, 0.25) is 0 Å². The van der Waals surface area contributed by atoms with Crippen LogP contribution in [0.2, 0.25) is 0 Å². The Labute approximate surface area is 102 Å². The average Bonchev–Trinajstić information content (AvgIpc) is 2.20. The van der Waals surface area contributed by atoms with Gasteiger partial charge in [-0.1, -0.05) is 39.0 Å². The van der Waals surface area contributed by atoms with Gasteiger partial charge in [-0.15, -0.1) is 0 Å². The van der Waals surface area contributed by atoms with Crippen LogP contribution in [0.25, 0.3) is 0 Å². The maximum atomic E-state index is 11.4. The first-order valence-corrected chi connectivity index (χ1v) is 7.54. The van der Waals surface area contributed by atoms with E-state index >= 15 is 0 Å². The summed E-state index contributed by atoms with van der Waals surface area (Å²) in [6.45, 7) is 7.91. The van der Waals surface area contributed by atoms with Crippen molar-refractivity contribution in [3.05, 3.63) is 0 Å². The molecule has 0 rings (SSSR count). The number of unbranched alkanes of at least 4 members (excludes halogenated alkanes) is 5. The molecule has 0 heterocycles. The summed E-state index contributed by atoms with van der Waals surface area (Å²) < 4.78 is 5.22. The first-order chi connectivity index (χ1) is 7.48. The molecule has 96 valence electrons. The summed E-state index contributed by atoms with van der Waals surface area (Å²) >= 11 is 0. The fourth-order valence-corrected chi connectivity index (χ4v) is 2.18. The quantitative estimate of drug-likeness (QED) is 0.464. The van der Waals surface area contributed by atoms with Crippen molar-refractivity contribution in [2.75, 3.05) is 6.16 Å². The Morgan fingerprint density at radius 1 is 1.06 bits per heavy atom. The first-order valence-electron chi connectivity index (χ1n) is 6.42. The number of carbonyl (C=O) groups is 1. The molecule has 0 aliphatic rings. The van der Waals surface area contributed by atoms with Crippen LogP contribution in [-0.2, 0) is 9.32 Å². The summed E-state index contributed by atoms with van der Waals surface area (Å²) in [5.41, 5.74) is -0.353. The molecule has 0 bridgehead atoms. The second kappa shape index (κ2) is 8.98. The van der Waals surface area contributed by atoms with Crippen LogP contribution >= 0.6 is 8.81 Å². The topological polar surface area (TPSA) is 26.3 Å². The molecule has 0 aromatic heterocycles. The molecule has 0 N–H and O–H groups in total. The van der Waals surface area contributed by atoms with Crippen molar-refractivity contribution >= 4 is 14.8 Å². The Bertz CT molecular complexity index is 185. The molecule has 0 spiro atoms. The summed E-state index contributed by atoms with van der Waals surface area (Å²) in [4.78, 5) is 11.4. The minimum absolute atomic E-state index is 0.0724. The highest BCUT2D eigenvalue weighted by Gasteiger charge is 2.22. The van der Waals surface area contributed by atoms with Gasteiger partial charge in [-0.2, -0.15) is 0 Å². The molecule has 0 aliphatic heterocycles. The monoisotopic (exact) mass is 246 g/mol. The average molecular weight is 246 g/mol. The fourth-order valence-electron chi connectivity index (χ4n) is 1.25. The van der Waals surface area contributed by atoms with Gasteiger partial charge >= 0.3 is 5.97 Å². The Morgan fingerprint density at radius 2 is 1.62 bits per heavy atom. The summed E-state index contributed by atoms with van der Waals surface area (Å²) in [7, 11) is 0.349. The molecule has 0 aromatic rings. The van der Waals surface area contributed by atoms with Crippen LogP contribution in [0, 0.1) is 5.41 Å². The van der Waals surface area contributed by atoms with Crippen molar-refractivity contribution in [3.8, 4) is 0 Å². The minimum atomic E-state index is -0.353. The molecule has 3 heteroatoms. The third-order valence-electron chi connectivity index (χ3n) is 2.41. The van der Waals surface area contributed by atoms with E-state index in [4.69, 9.17) is 4.52 Å². The predicted octanol–water partition coefficient (Wildman–Crippen LogP) is 4.53. The highest BCUT2D eigenvalue weighted by molar-refractivity contribution is 7.32. The summed E-state index contributed by atoms with van der Waals surface area (Å²) in [5.74, 6) is -0.0724. The molecule has 0 amide bonds. The Hall–Kier alpha value is -0.100. The smallest absolute Gasteiger partial charge is 0.313 e. The highest BCUT2D eigenvalue weighted by Crippen LogP contribution is 2.23. The molecule has 1 unspecified atom stereocenters. The number of rotatable bonds is 8. The molecule has 0 aromatic carbocycles. The lowest BCUT2D eigenvalue weighted by atomic mass is 9.98. The van der Waals surface area contributed by atoms with Crippen LogP contribution in [0.3, 0.4) is 0 Å². The fraction of sp³-hybridized carbons (Fsp3) is 0.923. The van der Waals surface area contributed by atoms with E-state index in [1.807, 2.05) is 20.8 Å². The zero-order valence-electron chi connectivity index (χ0n) is 11.3. The second-order valence-corrected chi connectivity index (χ2v) is 6.29. The summed E-state index contributed by atoms with van der Waals surface area (Å²) in [5, 5.41) is 0. The van der Waals surface area contributed by atoms with Crippen LogP contribution in [0.5, 0.6) is 0 Å². The van der Waals surface area contributed by atoms with Gasteiger partial charge in [0, 0.05) is 6.16 Å². The SMILES string of the molecule is CCCCCCCCPOC(=O)C(C)(C)C. The maximum Gasteiger partial charge on any atom is 0.313 e. The van der Waals surface area contributed by atoms with Gasteiger partial charge in [0.05, 0.1) is 14.2 Å². The van der Waals surface area contributed by atoms with Crippen molar-refractivity contribution < 1.29 is 9.32 Å². The van der Waals surface area contributed by atoms with E-state index in [0.717, 1.165) is 6.16 Å². The summed E-state index contributed by atoms with van der Waals surface area (Å²) in [6.07, 6.45) is 8.83. The summed E-state index contributed by atoms with van der Waals surface area (Å²) in [6, 6.07) is 0. The van der Waals surface area contributed by atoms with Crippen molar-refractivity contribution in [1.29, 1.82) is 0 Å². The van der Waals surface area contributed by atoms with Crippen LogP contribution in [0.15, 0.2) is 0 Å². The first kappa shape index (κ1) is 15.9. The van der Waals surface area contributed by atoms with Crippen LogP contribution in [0.1, 0.15) is 66.2 Å². The van der Waals surface area contributed by atoms with E-state index in [1.165, 1.54) is 38.5 Å². The highest BCUT2D eigenvalue weighted by atomic mass is 31.1. The Balaban J connectivity index is 3.25. The van der Waals surface area contributed by atoms with E-state index in [2.05, 4.69) is 6.92 Å². The standard InChI is InChI=1S/C13H27O2P/c1-5-6-7-8-9-10-11-16-15-12(14)13(2,3)4/h16H,5-11H2,1-4H3. The van der Waals surface area contributed by atoms with E-state index in [0.29, 0.717) is 8.81 Å². The predicted molar refractivity (Wildman–Crippen MR) is 72.1 cm³/mol. The second-order valence-electron chi connectivity index (χ2n) is 5.30. The zero-order valence-corrected chi connectivity index (χ0v) is 12.3. The number of carbonyl (C=O) groups excluding carboxylic acids is 1. The van der Waals surface area contributed by atoms with Gasteiger partial charge in [0.1, 0.15) is 0 Å². The molecule has 1 atom stereocenters. The van der Waals surface area contributed by atoms with Gasteiger partial charge in [-0.25, -0.2) is 0 Å². The van der Waals surface area contributed by atoms with Gasteiger partial charge in [0.15, 0.2) is 0 Å². The Morgan fingerprint density at radius 3 is 2.19 bits per heavy atom. The van der Waals surface area contributed by atoms with Crippen LogP contribution in [0.4, 0.5) is 0 Å². The molecule has 16 heavy (non-hydrogen) atoms. The zero-order chi connectivity index (χ0) is 12.4. The van der Waals surface area contributed by atoms with E-state index in [9.17, 15) is 4.79 Å². The van der Waals surface area contributed by atoms with Gasteiger partial charge < -0.3 is 4.52 Å². The molecule has 0 saturated carbocycles. The van der Waals surface area contributed by atoms with Crippen LogP contribution in [-0.4, -0.2) is 12.1 Å².